The lowest BCUT2D eigenvalue weighted by Crippen LogP contribution is -2.27. The first-order valence-corrected chi connectivity index (χ1v) is 11.3. The molecule has 3 nitrogen and oxygen atoms in total. The monoisotopic (exact) mass is 385 g/mol. The molecule has 2 aromatic heterocycles. The van der Waals surface area contributed by atoms with E-state index in [1.165, 1.54) is 43.4 Å². The van der Waals surface area contributed by atoms with Gasteiger partial charge in [-0.2, -0.15) is 0 Å². The summed E-state index contributed by atoms with van der Waals surface area (Å²) in [5.41, 5.74) is 5.37. The first kappa shape index (κ1) is 19.1. The Morgan fingerprint density at radius 3 is 2.58 bits per heavy atom. The molecule has 0 spiro atoms. The number of benzene rings is 1. The molecule has 1 aromatic carbocycles. The van der Waals surface area contributed by atoms with Crippen molar-refractivity contribution in [1.82, 2.24) is 9.97 Å². The summed E-state index contributed by atoms with van der Waals surface area (Å²) in [6.45, 7) is 4.33. The summed E-state index contributed by atoms with van der Waals surface area (Å²) in [5, 5.41) is 5.46. The van der Waals surface area contributed by atoms with E-state index in [2.05, 4.69) is 51.8 Å². The highest BCUT2D eigenvalue weighted by Gasteiger charge is 2.12. The highest BCUT2D eigenvalue weighted by Crippen LogP contribution is 2.28. The molecule has 0 unspecified atom stereocenters. The van der Waals surface area contributed by atoms with Gasteiger partial charge in [0, 0.05) is 35.8 Å². The zero-order valence-electron chi connectivity index (χ0n) is 15.4. The second kappa shape index (κ2) is 10.4. The van der Waals surface area contributed by atoms with Crippen LogP contribution in [0.2, 0.25) is 0 Å². The number of rotatable bonds is 11. The van der Waals surface area contributed by atoms with Gasteiger partial charge in [0.25, 0.3) is 0 Å². The summed E-state index contributed by atoms with van der Waals surface area (Å²) in [5.74, 6) is 0. The molecule has 0 aliphatic carbocycles. The van der Waals surface area contributed by atoms with Crippen molar-refractivity contribution in [3.8, 4) is 11.3 Å². The quantitative estimate of drug-likeness (QED) is 0.363. The van der Waals surface area contributed by atoms with E-state index in [0.29, 0.717) is 0 Å². The minimum atomic E-state index is 0.985. The average molecular weight is 386 g/mol. The predicted octanol–water partition coefficient (Wildman–Crippen LogP) is 6.29. The number of aromatic nitrogens is 2. The maximum absolute atomic E-state index is 4.92. The number of hydrogen-bond donors (Lipinski definition) is 0. The third-order valence-electron chi connectivity index (χ3n) is 4.49. The van der Waals surface area contributed by atoms with Gasteiger partial charge >= 0.3 is 0 Å². The SMILES string of the molecule is CCCCCCCN(CCc1cscn1)c1nc(-c2ccccc2)cs1. The van der Waals surface area contributed by atoms with Crippen LogP contribution in [0.1, 0.15) is 44.7 Å². The van der Waals surface area contributed by atoms with Crippen LogP contribution in [-0.4, -0.2) is 23.1 Å². The van der Waals surface area contributed by atoms with E-state index in [0.717, 1.165) is 30.3 Å². The van der Waals surface area contributed by atoms with E-state index in [1.54, 1.807) is 22.7 Å². The van der Waals surface area contributed by atoms with Crippen LogP contribution in [0.3, 0.4) is 0 Å². The van der Waals surface area contributed by atoms with Crippen LogP contribution in [0.25, 0.3) is 11.3 Å². The van der Waals surface area contributed by atoms with Crippen molar-refractivity contribution in [1.29, 1.82) is 0 Å². The summed E-state index contributed by atoms with van der Waals surface area (Å²) < 4.78 is 0. The normalized spacial score (nSPS) is 11.0. The summed E-state index contributed by atoms with van der Waals surface area (Å²) in [4.78, 5) is 11.8. The van der Waals surface area contributed by atoms with E-state index < -0.39 is 0 Å². The van der Waals surface area contributed by atoms with Crippen molar-refractivity contribution in [2.75, 3.05) is 18.0 Å². The minimum absolute atomic E-state index is 0.985. The van der Waals surface area contributed by atoms with Crippen LogP contribution < -0.4 is 4.90 Å². The molecule has 5 heteroatoms. The highest BCUT2D eigenvalue weighted by atomic mass is 32.1. The molecule has 0 atom stereocenters. The zero-order valence-corrected chi connectivity index (χ0v) is 17.1. The molecule has 3 aromatic rings. The van der Waals surface area contributed by atoms with Gasteiger partial charge in [0.05, 0.1) is 16.9 Å². The van der Waals surface area contributed by atoms with Crippen LogP contribution in [0.4, 0.5) is 5.13 Å². The van der Waals surface area contributed by atoms with Crippen LogP contribution >= 0.6 is 22.7 Å². The van der Waals surface area contributed by atoms with Crippen LogP contribution in [0.15, 0.2) is 46.6 Å². The molecule has 0 amide bonds. The molecular weight excluding hydrogens is 358 g/mol. The third kappa shape index (κ3) is 5.64. The largest absolute Gasteiger partial charge is 0.348 e. The minimum Gasteiger partial charge on any atom is -0.348 e. The van der Waals surface area contributed by atoms with E-state index in [-0.39, 0.29) is 0 Å². The molecule has 138 valence electrons. The first-order chi connectivity index (χ1) is 12.9. The molecule has 3 rings (SSSR count). The molecule has 0 radical (unpaired) electrons. The van der Waals surface area contributed by atoms with Crippen molar-refractivity contribution < 1.29 is 0 Å². The van der Waals surface area contributed by atoms with Crippen molar-refractivity contribution in [2.45, 2.75) is 45.4 Å². The van der Waals surface area contributed by atoms with Crippen molar-refractivity contribution >= 4 is 27.8 Å². The molecule has 0 aliphatic heterocycles. The Kier molecular flexibility index (Phi) is 7.65. The van der Waals surface area contributed by atoms with E-state index >= 15 is 0 Å². The fourth-order valence-corrected chi connectivity index (χ4v) is 4.45. The maximum Gasteiger partial charge on any atom is 0.185 e. The highest BCUT2D eigenvalue weighted by molar-refractivity contribution is 7.14. The van der Waals surface area contributed by atoms with E-state index in [4.69, 9.17) is 4.98 Å². The number of hydrogen-bond acceptors (Lipinski definition) is 5. The number of nitrogens with zero attached hydrogens (tertiary/aromatic N) is 3. The van der Waals surface area contributed by atoms with Crippen molar-refractivity contribution in [3.63, 3.8) is 0 Å². The number of thiazole rings is 2. The molecule has 2 heterocycles. The first-order valence-electron chi connectivity index (χ1n) is 9.50. The van der Waals surface area contributed by atoms with Crippen molar-refractivity contribution in [3.05, 3.63) is 52.3 Å². The van der Waals surface area contributed by atoms with Gasteiger partial charge in [-0.15, -0.1) is 22.7 Å². The smallest absolute Gasteiger partial charge is 0.185 e. The van der Waals surface area contributed by atoms with Crippen molar-refractivity contribution in [2.24, 2.45) is 0 Å². The summed E-state index contributed by atoms with van der Waals surface area (Å²) in [6.07, 6.45) is 7.49. The molecule has 26 heavy (non-hydrogen) atoms. The average Bonchev–Trinajstić information content (AvgIpc) is 3.37. The Morgan fingerprint density at radius 1 is 0.962 bits per heavy atom. The fraction of sp³-hybridized carbons (Fsp3) is 0.429. The Labute approximate surface area is 164 Å². The lowest BCUT2D eigenvalue weighted by Gasteiger charge is -2.21. The van der Waals surface area contributed by atoms with Crippen LogP contribution in [-0.2, 0) is 6.42 Å². The Bertz CT molecular complexity index is 738. The lowest BCUT2D eigenvalue weighted by molar-refractivity contribution is 0.616. The second-order valence-electron chi connectivity index (χ2n) is 6.51. The van der Waals surface area contributed by atoms with E-state index in [1.807, 2.05) is 11.6 Å². The van der Waals surface area contributed by atoms with Gasteiger partial charge in [0.1, 0.15) is 0 Å². The third-order valence-corrected chi connectivity index (χ3v) is 6.02. The topological polar surface area (TPSA) is 29.0 Å². The van der Waals surface area contributed by atoms with Gasteiger partial charge in [-0.3, -0.25) is 0 Å². The molecular formula is C21H27N3S2. The summed E-state index contributed by atoms with van der Waals surface area (Å²) in [7, 11) is 0. The zero-order chi connectivity index (χ0) is 18.0. The summed E-state index contributed by atoms with van der Waals surface area (Å²) in [6, 6.07) is 10.4. The molecule has 0 aliphatic rings. The Morgan fingerprint density at radius 2 is 1.81 bits per heavy atom. The van der Waals surface area contributed by atoms with Gasteiger partial charge < -0.3 is 4.90 Å². The van der Waals surface area contributed by atoms with Gasteiger partial charge in [0.15, 0.2) is 5.13 Å². The van der Waals surface area contributed by atoms with Crippen LogP contribution in [0, 0.1) is 0 Å². The number of anilines is 1. The molecule has 0 fully saturated rings. The van der Waals surface area contributed by atoms with Gasteiger partial charge in [-0.1, -0.05) is 62.9 Å². The Balaban J connectivity index is 1.64. The van der Waals surface area contributed by atoms with E-state index in [9.17, 15) is 0 Å². The van der Waals surface area contributed by atoms with Gasteiger partial charge in [-0.05, 0) is 6.42 Å². The molecule has 0 saturated carbocycles. The molecule has 0 N–H and O–H groups in total. The Hall–Kier alpha value is -1.72. The standard InChI is InChI=1S/C21H27N3S2/c1-2-3-4-5-9-13-24(14-12-19-15-25-17-22-19)21-23-20(16-26-21)18-10-7-6-8-11-18/h6-8,10-11,15-17H,2-5,9,12-14H2,1H3. The molecule has 0 saturated heterocycles. The number of unbranched alkanes of at least 4 members (excludes halogenated alkanes) is 4. The predicted molar refractivity (Wildman–Crippen MR) is 114 cm³/mol. The fourth-order valence-electron chi connectivity index (χ4n) is 2.97. The molecule has 0 bridgehead atoms. The van der Waals surface area contributed by atoms with Crippen LogP contribution in [0.5, 0.6) is 0 Å². The van der Waals surface area contributed by atoms with Gasteiger partial charge in [-0.25, -0.2) is 9.97 Å². The summed E-state index contributed by atoms with van der Waals surface area (Å²) >= 11 is 3.43. The maximum atomic E-state index is 4.92. The second-order valence-corrected chi connectivity index (χ2v) is 8.07. The lowest BCUT2D eigenvalue weighted by atomic mass is 10.1. The van der Waals surface area contributed by atoms with Gasteiger partial charge in [0.2, 0.25) is 0 Å².